The Morgan fingerprint density at radius 1 is 1.06 bits per heavy atom. The van der Waals surface area contributed by atoms with E-state index in [0.29, 0.717) is 32.7 Å². The molecule has 1 fully saturated rings. The van der Waals surface area contributed by atoms with Crippen molar-refractivity contribution in [3.05, 3.63) is 63.8 Å². The third-order valence-electron chi connectivity index (χ3n) is 5.15. The molecule has 166 valence electrons. The van der Waals surface area contributed by atoms with Gasteiger partial charge in [0.25, 0.3) is 0 Å². The number of hydrogen-bond donors (Lipinski definition) is 0. The van der Waals surface area contributed by atoms with E-state index in [9.17, 15) is 4.79 Å². The van der Waals surface area contributed by atoms with E-state index in [1.807, 2.05) is 24.3 Å². The third-order valence-corrected chi connectivity index (χ3v) is 5.71. The van der Waals surface area contributed by atoms with E-state index in [1.54, 1.807) is 12.1 Å². The monoisotopic (exact) mass is 464 g/mol. The minimum atomic E-state index is -0.496. The first-order valence-corrected chi connectivity index (χ1v) is 11.0. The predicted octanol–water partition coefficient (Wildman–Crippen LogP) is 6.44. The average Bonchev–Trinajstić information content (AvgIpc) is 2.79. The lowest BCUT2D eigenvalue weighted by atomic mass is 9.98. The third kappa shape index (κ3) is 6.08. The van der Waals surface area contributed by atoms with Crippen LogP contribution in [0, 0.1) is 0 Å². The van der Waals surface area contributed by atoms with Crippen LogP contribution < -0.4 is 9.47 Å². The van der Waals surface area contributed by atoms with Gasteiger partial charge >= 0.3 is 5.97 Å². The second-order valence-electron chi connectivity index (χ2n) is 7.30. The highest BCUT2D eigenvalue weighted by atomic mass is 35.5. The van der Waals surface area contributed by atoms with E-state index in [2.05, 4.69) is 0 Å². The quantitative estimate of drug-likeness (QED) is 0.255. The summed E-state index contributed by atoms with van der Waals surface area (Å²) >= 11 is 12.9. The van der Waals surface area contributed by atoms with Crippen LogP contribution in [0.1, 0.15) is 43.2 Å². The minimum absolute atomic E-state index is 0.145. The van der Waals surface area contributed by atoms with Crippen LogP contribution >= 0.6 is 23.2 Å². The van der Waals surface area contributed by atoms with E-state index in [4.69, 9.17) is 42.1 Å². The molecule has 0 N–H and O–H groups in total. The van der Waals surface area contributed by atoms with Crippen LogP contribution in [-0.4, -0.2) is 26.3 Å². The fourth-order valence-corrected chi connectivity index (χ4v) is 4.16. The summed E-state index contributed by atoms with van der Waals surface area (Å²) in [5.41, 5.74) is 1.74. The summed E-state index contributed by atoms with van der Waals surface area (Å²) < 4.78 is 21.9. The molecule has 5 nitrogen and oxygen atoms in total. The fraction of sp³-hybridized carbons (Fsp3) is 0.375. The second kappa shape index (κ2) is 11.3. The summed E-state index contributed by atoms with van der Waals surface area (Å²) in [4.78, 5) is 12.2. The van der Waals surface area contributed by atoms with Crippen molar-refractivity contribution in [2.24, 2.45) is 0 Å². The molecule has 0 spiro atoms. The van der Waals surface area contributed by atoms with Crippen LogP contribution in [0.4, 0.5) is 0 Å². The Kier molecular flexibility index (Phi) is 8.50. The maximum atomic E-state index is 12.2. The number of benzene rings is 2. The van der Waals surface area contributed by atoms with Crippen LogP contribution in [0.5, 0.6) is 11.5 Å². The molecule has 0 amide bonds. The Labute approximate surface area is 192 Å². The number of ether oxygens (including phenoxy) is 4. The molecule has 7 heteroatoms. The van der Waals surface area contributed by atoms with Gasteiger partial charge in [0, 0.05) is 12.1 Å². The molecule has 1 aliphatic carbocycles. The number of carbonyl (C=O) groups excluding carboxylic acids is 1. The lowest BCUT2D eigenvalue weighted by Crippen LogP contribution is -2.20. The van der Waals surface area contributed by atoms with Crippen molar-refractivity contribution in [2.75, 3.05) is 14.2 Å². The zero-order valence-corrected chi connectivity index (χ0v) is 19.2. The van der Waals surface area contributed by atoms with E-state index >= 15 is 0 Å². The SMILES string of the molecule is COC=C(C(=O)OC)c1ccccc1COc1cc(Cl)c(OC2CCCCC2)c(Cl)c1. The molecule has 3 rings (SSSR count). The molecule has 0 heterocycles. The standard InChI is InChI=1S/C24H26Cl2O5/c1-28-15-20(24(27)29-2)19-11-7-6-8-16(19)14-30-18-12-21(25)23(22(26)13-18)31-17-9-4-3-5-10-17/h6-8,11-13,15,17H,3-5,9-10,14H2,1-2H3. The summed E-state index contributed by atoms with van der Waals surface area (Å²) in [5.74, 6) is 0.514. The molecule has 0 radical (unpaired) electrons. The van der Waals surface area contributed by atoms with Gasteiger partial charge in [-0.3, -0.25) is 0 Å². The van der Waals surface area contributed by atoms with Crippen LogP contribution in [0.25, 0.3) is 5.57 Å². The Balaban J connectivity index is 1.76. The van der Waals surface area contributed by atoms with Gasteiger partial charge < -0.3 is 18.9 Å². The van der Waals surface area contributed by atoms with Crippen molar-refractivity contribution in [1.29, 1.82) is 0 Å². The molecule has 0 aliphatic heterocycles. The van der Waals surface area contributed by atoms with Crippen LogP contribution in [0.3, 0.4) is 0 Å². The summed E-state index contributed by atoms with van der Waals surface area (Å²) in [6.07, 6.45) is 7.09. The van der Waals surface area contributed by atoms with E-state index in [0.717, 1.165) is 31.2 Å². The van der Waals surface area contributed by atoms with Crippen molar-refractivity contribution in [3.8, 4) is 11.5 Å². The molecule has 2 aromatic carbocycles. The number of rotatable bonds is 8. The summed E-state index contributed by atoms with van der Waals surface area (Å²) in [6, 6.07) is 10.8. The maximum Gasteiger partial charge on any atom is 0.341 e. The number of halogens is 2. The van der Waals surface area contributed by atoms with Crippen molar-refractivity contribution in [1.82, 2.24) is 0 Å². The van der Waals surface area contributed by atoms with Gasteiger partial charge in [-0.1, -0.05) is 53.9 Å². The molecule has 1 saturated carbocycles. The molecule has 0 bridgehead atoms. The van der Waals surface area contributed by atoms with Gasteiger partial charge in [-0.15, -0.1) is 0 Å². The minimum Gasteiger partial charge on any atom is -0.503 e. The maximum absolute atomic E-state index is 12.2. The van der Waals surface area contributed by atoms with Gasteiger partial charge in [0.2, 0.25) is 0 Å². The molecular formula is C24H26Cl2O5. The Hall–Kier alpha value is -2.37. The van der Waals surface area contributed by atoms with Gasteiger partial charge in [-0.2, -0.15) is 0 Å². The zero-order chi connectivity index (χ0) is 22.2. The van der Waals surface area contributed by atoms with Gasteiger partial charge in [-0.25, -0.2) is 4.79 Å². The number of methoxy groups -OCH3 is 2. The fourth-order valence-electron chi connectivity index (χ4n) is 3.60. The smallest absolute Gasteiger partial charge is 0.341 e. The number of carbonyl (C=O) groups is 1. The first-order chi connectivity index (χ1) is 15.0. The summed E-state index contributed by atoms with van der Waals surface area (Å²) in [5, 5.41) is 0.826. The van der Waals surface area contributed by atoms with E-state index < -0.39 is 5.97 Å². The lowest BCUT2D eigenvalue weighted by molar-refractivity contribution is -0.133. The molecule has 0 saturated heterocycles. The van der Waals surface area contributed by atoms with Gasteiger partial charge in [0.1, 0.15) is 17.9 Å². The number of esters is 1. The van der Waals surface area contributed by atoms with Crippen molar-refractivity contribution >= 4 is 34.7 Å². The summed E-state index contributed by atoms with van der Waals surface area (Å²) in [7, 11) is 2.80. The predicted molar refractivity (Wildman–Crippen MR) is 122 cm³/mol. The average molecular weight is 465 g/mol. The molecule has 31 heavy (non-hydrogen) atoms. The van der Waals surface area contributed by atoms with Crippen molar-refractivity contribution in [2.45, 2.75) is 44.8 Å². The number of hydrogen-bond acceptors (Lipinski definition) is 5. The highest BCUT2D eigenvalue weighted by molar-refractivity contribution is 6.37. The second-order valence-corrected chi connectivity index (χ2v) is 8.11. The summed E-state index contributed by atoms with van der Waals surface area (Å²) in [6.45, 7) is 0.198. The molecule has 2 aromatic rings. The Bertz CT molecular complexity index is 912. The first-order valence-electron chi connectivity index (χ1n) is 10.2. The largest absolute Gasteiger partial charge is 0.503 e. The Morgan fingerprint density at radius 3 is 2.39 bits per heavy atom. The zero-order valence-electron chi connectivity index (χ0n) is 17.7. The van der Waals surface area contributed by atoms with Crippen molar-refractivity contribution < 1.29 is 23.7 Å². The van der Waals surface area contributed by atoms with Gasteiger partial charge in [0.05, 0.1) is 36.6 Å². The molecule has 0 unspecified atom stereocenters. The van der Waals surface area contributed by atoms with Crippen LogP contribution in [0.2, 0.25) is 10.0 Å². The molecule has 0 aromatic heterocycles. The van der Waals surface area contributed by atoms with Crippen LogP contribution in [-0.2, 0) is 20.9 Å². The normalized spacial score (nSPS) is 14.8. The first kappa shape index (κ1) is 23.3. The topological polar surface area (TPSA) is 54.0 Å². The van der Waals surface area contributed by atoms with E-state index in [1.165, 1.54) is 26.9 Å². The Morgan fingerprint density at radius 2 is 1.74 bits per heavy atom. The molecule has 1 aliphatic rings. The highest BCUT2D eigenvalue weighted by Gasteiger charge is 2.20. The molecule has 0 atom stereocenters. The lowest BCUT2D eigenvalue weighted by Gasteiger charge is -2.24. The van der Waals surface area contributed by atoms with E-state index in [-0.39, 0.29) is 12.7 Å². The molecular weight excluding hydrogens is 439 g/mol. The van der Waals surface area contributed by atoms with Gasteiger partial charge in [0.15, 0.2) is 5.75 Å². The highest BCUT2D eigenvalue weighted by Crippen LogP contribution is 2.39. The van der Waals surface area contributed by atoms with Crippen molar-refractivity contribution in [3.63, 3.8) is 0 Å². The van der Waals surface area contributed by atoms with Crippen LogP contribution in [0.15, 0.2) is 42.7 Å². The van der Waals surface area contributed by atoms with Gasteiger partial charge in [-0.05, 0) is 36.8 Å².